The molecule has 0 saturated carbocycles. The van der Waals surface area contributed by atoms with Crippen LogP contribution in [-0.4, -0.2) is 25.2 Å². The van der Waals surface area contributed by atoms with E-state index < -0.39 is 5.97 Å². The van der Waals surface area contributed by atoms with Crippen molar-refractivity contribution >= 4 is 23.3 Å². The lowest BCUT2D eigenvalue weighted by Crippen LogP contribution is -2.15. The fourth-order valence-electron chi connectivity index (χ4n) is 4.88. The van der Waals surface area contributed by atoms with Crippen molar-refractivity contribution in [3.63, 3.8) is 0 Å². The molecule has 0 bridgehead atoms. The molecule has 0 aliphatic rings. The third-order valence-electron chi connectivity index (χ3n) is 7.58. The van der Waals surface area contributed by atoms with Crippen LogP contribution in [0.15, 0.2) is 42.5 Å². The smallest absolute Gasteiger partial charge is 0.340 e. The van der Waals surface area contributed by atoms with Crippen molar-refractivity contribution in [3.05, 3.63) is 59.2 Å². The number of hydrogen-bond donors (Lipinski definition) is 1. The normalized spacial score (nSPS) is 10.9. The molecule has 40 heavy (non-hydrogen) atoms. The number of esters is 2. The lowest BCUT2D eigenvalue weighted by molar-refractivity contribution is -0.144. The van der Waals surface area contributed by atoms with Gasteiger partial charge in [0, 0.05) is 12.1 Å². The molecular formula is C35H53NO4. The minimum atomic E-state index is -0.438. The molecule has 0 amide bonds. The van der Waals surface area contributed by atoms with Crippen LogP contribution in [0.25, 0.3) is 0 Å². The molecule has 0 aliphatic carbocycles. The van der Waals surface area contributed by atoms with E-state index in [9.17, 15) is 9.59 Å². The van der Waals surface area contributed by atoms with Crippen LogP contribution >= 0.6 is 0 Å². The summed E-state index contributed by atoms with van der Waals surface area (Å²) >= 11 is 0. The quantitative estimate of drug-likeness (QED) is 0.116. The van der Waals surface area contributed by atoms with Gasteiger partial charge in [-0.25, -0.2) is 4.79 Å². The highest BCUT2D eigenvalue weighted by molar-refractivity contribution is 5.96. The summed E-state index contributed by atoms with van der Waals surface area (Å²) in [6, 6.07) is 13.3. The number of carbonyl (C=O) groups is 2. The van der Waals surface area contributed by atoms with E-state index in [-0.39, 0.29) is 19.2 Å². The zero-order valence-electron chi connectivity index (χ0n) is 25.4. The van der Waals surface area contributed by atoms with Crippen molar-refractivity contribution < 1.29 is 19.1 Å². The molecule has 0 atom stereocenters. The highest BCUT2D eigenvalue weighted by atomic mass is 16.6. The topological polar surface area (TPSA) is 64.6 Å². The molecule has 0 unspecified atom stereocenters. The van der Waals surface area contributed by atoms with Gasteiger partial charge in [-0.1, -0.05) is 121 Å². The molecule has 2 aromatic rings. The van der Waals surface area contributed by atoms with E-state index in [0.29, 0.717) is 17.7 Å². The van der Waals surface area contributed by atoms with Crippen LogP contribution in [-0.2, 0) is 14.3 Å². The maximum absolute atomic E-state index is 12.7. The zero-order valence-corrected chi connectivity index (χ0v) is 25.4. The number of nitrogens with one attached hydrogen (secondary N) is 1. The Morgan fingerprint density at radius 3 is 1.77 bits per heavy atom. The molecule has 0 aromatic heterocycles. The van der Waals surface area contributed by atoms with Gasteiger partial charge in [-0.3, -0.25) is 4.79 Å². The van der Waals surface area contributed by atoms with Crippen molar-refractivity contribution in [2.45, 2.75) is 124 Å². The van der Waals surface area contributed by atoms with Crippen LogP contribution in [0.1, 0.15) is 131 Å². The van der Waals surface area contributed by atoms with Gasteiger partial charge in [0.05, 0.1) is 11.3 Å². The van der Waals surface area contributed by atoms with Crippen LogP contribution in [0.4, 0.5) is 11.4 Å². The third-order valence-corrected chi connectivity index (χ3v) is 7.58. The molecule has 2 rings (SSSR count). The number of benzene rings is 2. The summed E-state index contributed by atoms with van der Waals surface area (Å²) in [5, 5.41) is 3.35. The largest absolute Gasteiger partial charge is 0.462 e. The van der Waals surface area contributed by atoms with Gasteiger partial charge in [0.1, 0.15) is 13.2 Å². The highest BCUT2D eigenvalue weighted by Gasteiger charge is 2.14. The van der Waals surface area contributed by atoms with Gasteiger partial charge in [0.15, 0.2) is 0 Å². The van der Waals surface area contributed by atoms with Gasteiger partial charge in [-0.15, -0.1) is 0 Å². The molecule has 1 N–H and O–H groups in total. The predicted octanol–water partition coefficient (Wildman–Crippen LogP) is 10.0. The second-order valence-corrected chi connectivity index (χ2v) is 11.0. The van der Waals surface area contributed by atoms with E-state index in [4.69, 9.17) is 9.47 Å². The highest BCUT2D eigenvalue weighted by Crippen LogP contribution is 2.25. The Bertz CT molecular complexity index is 987. The second-order valence-electron chi connectivity index (χ2n) is 11.0. The van der Waals surface area contributed by atoms with Crippen LogP contribution in [0, 0.1) is 13.8 Å². The molecule has 222 valence electrons. The fraction of sp³-hybridized carbons (Fsp3) is 0.600. The monoisotopic (exact) mass is 551 g/mol. The first-order chi connectivity index (χ1) is 19.5. The van der Waals surface area contributed by atoms with Gasteiger partial charge >= 0.3 is 11.9 Å². The fourth-order valence-corrected chi connectivity index (χ4v) is 4.88. The molecule has 0 aliphatic heterocycles. The molecule has 5 heteroatoms. The first-order valence-electron chi connectivity index (χ1n) is 15.8. The average molecular weight is 552 g/mol. The Kier molecular flexibility index (Phi) is 17.5. The number of anilines is 2. The maximum atomic E-state index is 12.7. The summed E-state index contributed by atoms with van der Waals surface area (Å²) in [5.74, 6) is -0.658. The Balaban J connectivity index is 1.49. The molecule has 2 aromatic carbocycles. The van der Waals surface area contributed by atoms with Crippen molar-refractivity contribution in [3.8, 4) is 0 Å². The number of rotatable bonds is 22. The summed E-state index contributed by atoms with van der Waals surface area (Å²) in [5.41, 5.74) is 4.40. The molecule has 0 fully saturated rings. The zero-order chi connectivity index (χ0) is 28.8. The van der Waals surface area contributed by atoms with Crippen LogP contribution < -0.4 is 5.32 Å². The molecule has 0 radical (unpaired) electrons. The third kappa shape index (κ3) is 14.0. The minimum Gasteiger partial charge on any atom is -0.462 e. The molecule has 0 heterocycles. The number of ether oxygens (including phenoxy) is 2. The Labute approximate surface area is 243 Å². The second kappa shape index (κ2) is 21.0. The number of unbranched alkanes of at least 4 members (excludes halogenated alkanes) is 14. The van der Waals surface area contributed by atoms with Gasteiger partial charge in [-0.2, -0.15) is 0 Å². The maximum Gasteiger partial charge on any atom is 0.340 e. The molecular weight excluding hydrogens is 498 g/mol. The van der Waals surface area contributed by atoms with Crippen molar-refractivity contribution in [2.75, 3.05) is 18.5 Å². The summed E-state index contributed by atoms with van der Waals surface area (Å²) in [6.45, 7) is 6.50. The minimum absolute atomic E-state index is 0.0429. The number of aryl methyl sites for hydroxylation is 1. The number of hydrogen-bond acceptors (Lipinski definition) is 5. The lowest BCUT2D eigenvalue weighted by atomic mass is 10.0. The summed E-state index contributed by atoms with van der Waals surface area (Å²) in [6.07, 6.45) is 19.9. The van der Waals surface area contributed by atoms with Gasteiger partial charge in [0.25, 0.3) is 0 Å². The summed E-state index contributed by atoms with van der Waals surface area (Å²) in [4.78, 5) is 24.7. The predicted molar refractivity (Wildman–Crippen MR) is 166 cm³/mol. The Hall–Kier alpha value is -2.82. The lowest BCUT2D eigenvalue weighted by Gasteiger charge is -2.14. The number of carbonyl (C=O) groups excluding carboxylic acids is 2. The first-order valence-corrected chi connectivity index (χ1v) is 15.8. The van der Waals surface area contributed by atoms with E-state index >= 15 is 0 Å². The van der Waals surface area contributed by atoms with Crippen LogP contribution in [0.3, 0.4) is 0 Å². The average Bonchev–Trinajstić information content (AvgIpc) is 2.96. The van der Waals surface area contributed by atoms with Crippen molar-refractivity contribution in [1.82, 2.24) is 0 Å². The molecule has 5 nitrogen and oxygen atoms in total. The van der Waals surface area contributed by atoms with Crippen LogP contribution in [0.5, 0.6) is 0 Å². The molecule has 0 saturated heterocycles. The van der Waals surface area contributed by atoms with Gasteiger partial charge < -0.3 is 14.8 Å². The first kappa shape index (κ1) is 33.4. The summed E-state index contributed by atoms with van der Waals surface area (Å²) in [7, 11) is 0. The Morgan fingerprint density at radius 1 is 0.625 bits per heavy atom. The van der Waals surface area contributed by atoms with Gasteiger partial charge in [0.2, 0.25) is 0 Å². The van der Waals surface area contributed by atoms with E-state index in [1.54, 1.807) is 6.07 Å². The van der Waals surface area contributed by atoms with E-state index in [1.165, 1.54) is 89.0 Å². The van der Waals surface area contributed by atoms with Crippen molar-refractivity contribution in [2.24, 2.45) is 0 Å². The SMILES string of the molecule is CCCCCCCCCCCCCCCCCC(=O)OCCOC(=O)c1ccccc1Nc1cccc(C)c1C. The number of para-hydroxylation sites is 1. The van der Waals surface area contributed by atoms with E-state index in [2.05, 4.69) is 25.2 Å². The van der Waals surface area contributed by atoms with E-state index in [1.807, 2.05) is 37.3 Å². The van der Waals surface area contributed by atoms with Crippen LogP contribution in [0.2, 0.25) is 0 Å². The summed E-state index contributed by atoms with van der Waals surface area (Å²) < 4.78 is 10.7. The molecule has 0 spiro atoms. The standard InChI is InChI=1S/C35H53NO4/c1-4-5-6-7-8-9-10-11-12-13-14-15-16-17-18-26-34(37)39-27-28-40-35(38)31-23-19-20-24-33(31)36-32-25-21-22-29(2)30(32)3/h19-25,36H,4-18,26-28H2,1-3H3. The van der Waals surface area contributed by atoms with Gasteiger partial charge in [-0.05, 0) is 49.6 Å². The Morgan fingerprint density at radius 2 is 1.15 bits per heavy atom. The van der Waals surface area contributed by atoms with E-state index in [0.717, 1.165) is 24.1 Å². The van der Waals surface area contributed by atoms with Crippen molar-refractivity contribution in [1.29, 1.82) is 0 Å².